The molecule has 1 aliphatic carbocycles. The minimum atomic E-state index is 0.118. The molecule has 2 heteroatoms. The lowest BCUT2D eigenvalue weighted by Gasteiger charge is -2.26. The van der Waals surface area contributed by atoms with Gasteiger partial charge in [0.15, 0.2) is 5.78 Å². The Labute approximate surface area is 128 Å². The Balaban J connectivity index is 1.79. The van der Waals surface area contributed by atoms with Gasteiger partial charge in [-0.3, -0.25) is 9.69 Å². The molecule has 1 atom stereocenters. The molecule has 0 aromatic heterocycles. The van der Waals surface area contributed by atoms with Crippen molar-refractivity contribution in [1.29, 1.82) is 0 Å². The van der Waals surface area contributed by atoms with Gasteiger partial charge < -0.3 is 0 Å². The monoisotopic (exact) mass is 285 g/mol. The number of benzene rings is 1. The molecule has 0 saturated carbocycles. The SMILES string of the molecule is CCCC[C@@H](C(=O)c1ccc2c(c1)CCC2)N1CCCC1. The molecule has 1 aliphatic heterocycles. The first-order valence-electron chi connectivity index (χ1n) is 8.69. The summed E-state index contributed by atoms with van der Waals surface area (Å²) in [6.45, 7) is 4.41. The first kappa shape index (κ1) is 14.8. The third kappa shape index (κ3) is 3.21. The second-order valence-corrected chi connectivity index (χ2v) is 6.60. The molecule has 0 bridgehead atoms. The van der Waals surface area contributed by atoms with E-state index in [1.807, 2.05) is 0 Å². The van der Waals surface area contributed by atoms with Gasteiger partial charge in [0.05, 0.1) is 6.04 Å². The molecule has 21 heavy (non-hydrogen) atoms. The van der Waals surface area contributed by atoms with Crippen molar-refractivity contribution in [3.8, 4) is 0 Å². The van der Waals surface area contributed by atoms with Gasteiger partial charge in [-0.15, -0.1) is 0 Å². The van der Waals surface area contributed by atoms with Gasteiger partial charge in [0.2, 0.25) is 0 Å². The number of hydrogen-bond donors (Lipinski definition) is 0. The first-order valence-corrected chi connectivity index (χ1v) is 8.69. The molecule has 0 unspecified atom stereocenters. The molecule has 0 amide bonds. The normalized spacial score (nSPS) is 19.7. The third-order valence-electron chi connectivity index (χ3n) is 5.10. The summed E-state index contributed by atoms with van der Waals surface area (Å²) in [5.74, 6) is 0.361. The van der Waals surface area contributed by atoms with Crippen LogP contribution in [0.15, 0.2) is 18.2 Å². The van der Waals surface area contributed by atoms with Crippen molar-refractivity contribution < 1.29 is 4.79 Å². The van der Waals surface area contributed by atoms with Gasteiger partial charge in [0.1, 0.15) is 0 Å². The van der Waals surface area contributed by atoms with Crippen molar-refractivity contribution >= 4 is 5.78 Å². The Hall–Kier alpha value is -1.15. The van der Waals surface area contributed by atoms with Crippen LogP contribution in [-0.4, -0.2) is 29.8 Å². The van der Waals surface area contributed by atoms with E-state index in [4.69, 9.17) is 0 Å². The lowest BCUT2D eigenvalue weighted by Crippen LogP contribution is -2.39. The van der Waals surface area contributed by atoms with Gasteiger partial charge in [0, 0.05) is 5.56 Å². The largest absolute Gasteiger partial charge is 0.293 e. The quantitative estimate of drug-likeness (QED) is 0.736. The molecule has 1 aromatic carbocycles. The summed E-state index contributed by atoms with van der Waals surface area (Å²) in [4.78, 5) is 15.4. The highest BCUT2D eigenvalue weighted by Gasteiger charge is 2.28. The van der Waals surface area contributed by atoms with Gasteiger partial charge in [-0.1, -0.05) is 31.9 Å². The third-order valence-corrected chi connectivity index (χ3v) is 5.10. The smallest absolute Gasteiger partial charge is 0.179 e. The van der Waals surface area contributed by atoms with Crippen LogP contribution in [0.25, 0.3) is 0 Å². The zero-order valence-electron chi connectivity index (χ0n) is 13.2. The fourth-order valence-electron chi connectivity index (χ4n) is 3.85. The van der Waals surface area contributed by atoms with Gasteiger partial charge >= 0.3 is 0 Å². The molecule has 0 N–H and O–H groups in total. The summed E-state index contributed by atoms with van der Waals surface area (Å²) in [7, 11) is 0. The van der Waals surface area contributed by atoms with E-state index in [1.54, 1.807) is 0 Å². The fourth-order valence-corrected chi connectivity index (χ4v) is 3.85. The van der Waals surface area contributed by atoms with Gasteiger partial charge in [-0.2, -0.15) is 0 Å². The van der Waals surface area contributed by atoms with E-state index in [-0.39, 0.29) is 6.04 Å². The minimum absolute atomic E-state index is 0.118. The van der Waals surface area contributed by atoms with E-state index in [0.29, 0.717) is 5.78 Å². The van der Waals surface area contributed by atoms with Crippen LogP contribution in [0, 0.1) is 0 Å². The predicted octanol–water partition coefficient (Wildman–Crippen LogP) is 4.01. The Morgan fingerprint density at radius 2 is 1.90 bits per heavy atom. The van der Waals surface area contributed by atoms with Gasteiger partial charge in [-0.25, -0.2) is 0 Å². The maximum absolute atomic E-state index is 13.0. The lowest BCUT2D eigenvalue weighted by molar-refractivity contribution is 0.0835. The summed E-state index contributed by atoms with van der Waals surface area (Å²) in [6, 6.07) is 6.56. The Kier molecular flexibility index (Phi) is 4.74. The number of fused-ring (bicyclic) bond motifs is 1. The van der Waals surface area contributed by atoms with E-state index in [2.05, 4.69) is 30.0 Å². The standard InChI is InChI=1S/C19H27NO/c1-2-3-9-18(20-12-4-5-13-20)19(21)17-11-10-15-7-6-8-16(15)14-17/h10-11,14,18H,2-9,12-13H2,1H3/t18-/m0/s1. The number of hydrogen-bond acceptors (Lipinski definition) is 2. The Morgan fingerprint density at radius 3 is 2.67 bits per heavy atom. The van der Waals surface area contributed by atoms with Crippen LogP contribution in [-0.2, 0) is 12.8 Å². The van der Waals surface area contributed by atoms with Crippen molar-refractivity contribution in [2.45, 2.75) is 64.3 Å². The molecular weight excluding hydrogens is 258 g/mol. The highest BCUT2D eigenvalue weighted by atomic mass is 16.1. The van der Waals surface area contributed by atoms with Crippen molar-refractivity contribution in [3.05, 3.63) is 34.9 Å². The highest BCUT2D eigenvalue weighted by Crippen LogP contribution is 2.25. The number of nitrogens with zero attached hydrogens (tertiary/aromatic N) is 1. The summed E-state index contributed by atoms with van der Waals surface area (Å²) >= 11 is 0. The second-order valence-electron chi connectivity index (χ2n) is 6.60. The number of aryl methyl sites for hydroxylation is 2. The molecular formula is C19H27NO. The second kappa shape index (κ2) is 6.74. The molecule has 1 heterocycles. The Bertz CT molecular complexity index is 502. The average molecular weight is 285 g/mol. The van der Waals surface area contributed by atoms with Crippen molar-refractivity contribution in [3.63, 3.8) is 0 Å². The molecule has 1 saturated heterocycles. The maximum Gasteiger partial charge on any atom is 0.179 e. The van der Waals surface area contributed by atoms with E-state index in [9.17, 15) is 4.79 Å². The molecule has 2 nitrogen and oxygen atoms in total. The Morgan fingerprint density at radius 1 is 1.14 bits per heavy atom. The van der Waals surface area contributed by atoms with E-state index in [0.717, 1.165) is 37.9 Å². The van der Waals surface area contributed by atoms with Crippen LogP contribution in [0.5, 0.6) is 0 Å². The first-order chi connectivity index (χ1) is 10.3. The molecule has 3 rings (SSSR count). The summed E-state index contributed by atoms with van der Waals surface area (Å²) in [5, 5.41) is 0. The lowest BCUT2D eigenvalue weighted by atomic mass is 9.96. The number of likely N-dealkylation sites (tertiary alicyclic amines) is 1. The maximum atomic E-state index is 13.0. The van der Waals surface area contributed by atoms with E-state index >= 15 is 0 Å². The van der Waals surface area contributed by atoms with Crippen LogP contribution in [0.3, 0.4) is 0 Å². The summed E-state index contributed by atoms with van der Waals surface area (Å²) < 4.78 is 0. The van der Waals surface area contributed by atoms with Crippen molar-refractivity contribution in [1.82, 2.24) is 4.90 Å². The topological polar surface area (TPSA) is 20.3 Å². The highest BCUT2D eigenvalue weighted by molar-refractivity contribution is 6.00. The minimum Gasteiger partial charge on any atom is -0.293 e. The number of rotatable bonds is 6. The number of carbonyl (C=O) groups is 1. The van der Waals surface area contributed by atoms with E-state index in [1.165, 1.54) is 43.2 Å². The van der Waals surface area contributed by atoms with Gasteiger partial charge in [-0.05, 0) is 68.8 Å². The molecule has 1 fully saturated rings. The van der Waals surface area contributed by atoms with Crippen LogP contribution in [0.1, 0.15) is 66.9 Å². The van der Waals surface area contributed by atoms with Crippen LogP contribution in [0.4, 0.5) is 0 Å². The van der Waals surface area contributed by atoms with Gasteiger partial charge in [0.25, 0.3) is 0 Å². The fraction of sp³-hybridized carbons (Fsp3) is 0.632. The van der Waals surface area contributed by atoms with Crippen molar-refractivity contribution in [2.24, 2.45) is 0 Å². The molecule has 1 aromatic rings. The molecule has 0 spiro atoms. The molecule has 114 valence electrons. The van der Waals surface area contributed by atoms with Crippen molar-refractivity contribution in [2.75, 3.05) is 13.1 Å². The average Bonchev–Trinajstić information content (AvgIpc) is 3.18. The van der Waals surface area contributed by atoms with Crippen LogP contribution in [0.2, 0.25) is 0 Å². The number of carbonyl (C=O) groups excluding carboxylic acids is 1. The molecule has 2 aliphatic rings. The number of Topliss-reactive ketones (excluding diaryl/α,β-unsaturated/α-hetero) is 1. The predicted molar refractivity (Wildman–Crippen MR) is 86.9 cm³/mol. The number of ketones is 1. The zero-order valence-corrected chi connectivity index (χ0v) is 13.2. The molecule has 0 radical (unpaired) electrons. The zero-order chi connectivity index (χ0) is 14.7. The van der Waals surface area contributed by atoms with Crippen LogP contribution < -0.4 is 0 Å². The van der Waals surface area contributed by atoms with E-state index < -0.39 is 0 Å². The summed E-state index contributed by atoms with van der Waals surface area (Å²) in [5.41, 5.74) is 3.82. The van der Waals surface area contributed by atoms with Crippen LogP contribution >= 0.6 is 0 Å². The number of unbranched alkanes of at least 4 members (excludes halogenated alkanes) is 1. The summed E-state index contributed by atoms with van der Waals surface area (Å²) in [6.07, 6.45) is 9.43.